The van der Waals surface area contributed by atoms with Gasteiger partial charge in [-0.05, 0) is 32.4 Å². The summed E-state index contributed by atoms with van der Waals surface area (Å²) >= 11 is 0. The molecule has 0 aliphatic carbocycles. The molecule has 3 aromatic heterocycles. The molecule has 0 saturated carbocycles. The highest BCUT2D eigenvalue weighted by Crippen LogP contribution is 2.27. The Labute approximate surface area is 121 Å². The number of carbonyl (C=O) groups is 1. The number of hydrogen-bond donors (Lipinski definition) is 1. The lowest BCUT2D eigenvalue weighted by molar-refractivity contribution is 0.0949. The maximum absolute atomic E-state index is 12.2. The first-order chi connectivity index (χ1) is 10.1. The molecule has 0 spiro atoms. The molecule has 21 heavy (non-hydrogen) atoms. The third kappa shape index (κ3) is 2.18. The van der Waals surface area contributed by atoms with Crippen LogP contribution < -0.4 is 5.32 Å². The minimum atomic E-state index is -0.128. The monoisotopic (exact) mass is 284 g/mol. The normalized spacial score (nSPS) is 11.0. The molecule has 0 atom stereocenters. The van der Waals surface area contributed by atoms with Gasteiger partial charge < -0.3 is 9.73 Å². The fraction of sp³-hybridized carbons (Fsp3) is 0.267. The van der Waals surface area contributed by atoms with Crippen molar-refractivity contribution >= 4 is 11.6 Å². The Morgan fingerprint density at radius 3 is 2.90 bits per heavy atom. The third-order valence-electron chi connectivity index (χ3n) is 3.28. The van der Waals surface area contributed by atoms with Crippen molar-refractivity contribution in [2.75, 3.05) is 6.54 Å². The van der Waals surface area contributed by atoms with Gasteiger partial charge in [-0.2, -0.15) is 0 Å². The molecule has 6 nitrogen and oxygen atoms in total. The van der Waals surface area contributed by atoms with Gasteiger partial charge in [0.2, 0.25) is 0 Å². The summed E-state index contributed by atoms with van der Waals surface area (Å²) in [6.45, 7) is 6.27. The minimum absolute atomic E-state index is 0.128. The van der Waals surface area contributed by atoms with E-state index in [9.17, 15) is 4.79 Å². The molecule has 108 valence electrons. The van der Waals surface area contributed by atoms with Crippen LogP contribution in [0.1, 0.15) is 28.7 Å². The highest BCUT2D eigenvalue weighted by Gasteiger charge is 2.19. The van der Waals surface area contributed by atoms with E-state index in [0.717, 1.165) is 11.1 Å². The Hall–Kier alpha value is -2.63. The van der Waals surface area contributed by atoms with Crippen molar-refractivity contribution in [3.05, 3.63) is 41.8 Å². The fourth-order valence-electron chi connectivity index (χ4n) is 2.44. The Morgan fingerprint density at radius 2 is 2.24 bits per heavy atom. The van der Waals surface area contributed by atoms with E-state index in [1.54, 1.807) is 6.20 Å². The Balaban J connectivity index is 2.29. The lowest BCUT2D eigenvalue weighted by atomic mass is 10.1. The summed E-state index contributed by atoms with van der Waals surface area (Å²) in [6, 6.07) is 1.98. The quantitative estimate of drug-likeness (QED) is 0.801. The van der Waals surface area contributed by atoms with E-state index in [0.29, 0.717) is 29.3 Å². The second-order valence-electron chi connectivity index (χ2n) is 4.90. The number of nitrogens with one attached hydrogen (secondary N) is 1. The first-order valence-electron chi connectivity index (χ1n) is 6.78. The van der Waals surface area contributed by atoms with Crippen LogP contribution in [-0.4, -0.2) is 26.8 Å². The molecule has 0 fully saturated rings. The van der Waals surface area contributed by atoms with Gasteiger partial charge in [0, 0.05) is 12.7 Å². The standard InChI is InChI=1S/C15H16N4O2/c1-4-17-15(20)13-10(3)18-14-11(12-6-16-8-21-12)5-9(2)7-19(13)14/h5-8H,4H2,1-3H3,(H,17,20). The number of pyridine rings is 1. The predicted molar refractivity (Wildman–Crippen MR) is 78.2 cm³/mol. The van der Waals surface area contributed by atoms with Gasteiger partial charge in [0.15, 0.2) is 12.2 Å². The van der Waals surface area contributed by atoms with Gasteiger partial charge in [-0.3, -0.25) is 9.20 Å². The number of fused-ring (bicyclic) bond motifs is 1. The zero-order chi connectivity index (χ0) is 15.0. The van der Waals surface area contributed by atoms with Crippen LogP contribution in [0.3, 0.4) is 0 Å². The number of aromatic nitrogens is 3. The van der Waals surface area contributed by atoms with Crippen LogP contribution in [0.5, 0.6) is 0 Å². The van der Waals surface area contributed by atoms with Crippen LogP contribution in [0.4, 0.5) is 0 Å². The Bertz CT molecular complexity index is 803. The van der Waals surface area contributed by atoms with Crippen molar-refractivity contribution in [1.82, 2.24) is 19.7 Å². The highest BCUT2D eigenvalue weighted by molar-refractivity contribution is 5.95. The first kappa shape index (κ1) is 13.4. The molecule has 1 amide bonds. The summed E-state index contributed by atoms with van der Waals surface area (Å²) in [4.78, 5) is 20.7. The van der Waals surface area contributed by atoms with E-state index >= 15 is 0 Å². The summed E-state index contributed by atoms with van der Waals surface area (Å²) < 4.78 is 7.19. The smallest absolute Gasteiger partial charge is 0.270 e. The molecule has 3 heterocycles. The number of oxazole rings is 1. The fourth-order valence-corrected chi connectivity index (χ4v) is 2.44. The Kier molecular flexibility index (Phi) is 3.21. The number of carbonyl (C=O) groups excluding carboxylic acids is 1. The van der Waals surface area contributed by atoms with Crippen molar-refractivity contribution < 1.29 is 9.21 Å². The number of imidazole rings is 1. The van der Waals surface area contributed by atoms with Crippen molar-refractivity contribution in [3.63, 3.8) is 0 Å². The number of amides is 1. The predicted octanol–water partition coefficient (Wildman–Crippen LogP) is 2.36. The molecule has 0 aliphatic heterocycles. The number of rotatable bonds is 3. The average molecular weight is 284 g/mol. The minimum Gasteiger partial charge on any atom is -0.443 e. The second kappa shape index (κ2) is 5.05. The lowest BCUT2D eigenvalue weighted by Gasteiger charge is -2.06. The molecule has 0 aliphatic rings. The molecule has 0 radical (unpaired) electrons. The average Bonchev–Trinajstić information content (AvgIpc) is 3.05. The first-order valence-corrected chi connectivity index (χ1v) is 6.78. The molecular formula is C15H16N4O2. The van der Waals surface area contributed by atoms with E-state index in [1.165, 1.54) is 6.39 Å². The lowest BCUT2D eigenvalue weighted by Crippen LogP contribution is -2.24. The van der Waals surface area contributed by atoms with Gasteiger partial charge in [0.25, 0.3) is 5.91 Å². The van der Waals surface area contributed by atoms with E-state index in [-0.39, 0.29) is 5.91 Å². The third-order valence-corrected chi connectivity index (χ3v) is 3.28. The molecule has 0 aromatic carbocycles. The van der Waals surface area contributed by atoms with Crippen molar-refractivity contribution in [3.8, 4) is 11.3 Å². The topological polar surface area (TPSA) is 72.4 Å². The van der Waals surface area contributed by atoms with E-state index < -0.39 is 0 Å². The van der Waals surface area contributed by atoms with E-state index in [4.69, 9.17) is 4.42 Å². The number of aryl methyl sites for hydroxylation is 2. The van der Waals surface area contributed by atoms with Gasteiger partial charge in [0.05, 0.1) is 17.5 Å². The van der Waals surface area contributed by atoms with Gasteiger partial charge in [-0.15, -0.1) is 0 Å². The highest BCUT2D eigenvalue weighted by atomic mass is 16.3. The van der Waals surface area contributed by atoms with Gasteiger partial charge >= 0.3 is 0 Å². The van der Waals surface area contributed by atoms with Gasteiger partial charge in [-0.1, -0.05) is 0 Å². The number of hydrogen-bond acceptors (Lipinski definition) is 4. The second-order valence-corrected chi connectivity index (χ2v) is 4.90. The summed E-state index contributed by atoms with van der Waals surface area (Å²) in [5.41, 5.74) is 3.77. The summed E-state index contributed by atoms with van der Waals surface area (Å²) in [6.07, 6.45) is 4.93. The van der Waals surface area contributed by atoms with E-state index in [1.807, 2.05) is 37.4 Å². The molecule has 0 saturated heterocycles. The van der Waals surface area contributed by atoms with Crippen LogP contribution >= 0.6 is 0 Å². The van der Waals surface area contributed by atoms with Crippen LogP contribution in [0, 0.1) is 13.8 Å². The molecule has 1 N–H and O–H groups in total. The largest absolute Gasteiger partial charge is 0.443 e. The van der Waals surface area contributed by atoms with Crippen LogP contribution in [0.15, 0.2) is 29.3 Å². The zero-order valence-corrected chi connectivity index (χ0v) is 12.2. The maximum atomic E-state index is 12.2. The van der Waals surface area contributed by atoms with Crippen LogP contribution in [-0.2, 0) is 0 Å². The Morgan fingerprint density at radius 1 is 1.43 bits per heavy atom. The molecule has 3 aromatic rings. The SMILES string of the molecule is CCNC(=O)c1c(C)nc2c(-c3cnco3)cc(C)cn12. The van der Waals surface area contributed by atoms with Crippen LogP contribution in [0.25, 0.3) is 17.0 Å². The molecular weight excluding hydrogens is 268 g/mol. The number of nitrogens with zero attached hydrogens (tertiary/aromatic N) is 3. The molecule has 6 heteroatoms. The summed E-state index contributed by atoms with van der Waals surface area (Å²) in [5.74, 6) is 0.507. The van der Waals surface area contributed by atoms with Crippen molar-refractivity contribution in [1.29, 1.82) is 0 Å². The van der Waals surface area contributed by atoms with Gasteiger partial charge in [0.1, 0.15) is 11.3 Å². The molecule has 0 unspecified atom stereocenters. The maximum Gasteiger partial charge on any atom is 0.270 e. The zero-order valence-electron chi connectivity index (χ0n) is 12.2. The van der Waals surface area contributed by atoms with Gasteiger partial charge in [-0.25, -0.2) is 9.97 Å². The molecule has 0 bridgehead atoms. The summed E-state index contributed by atoms with van der Waals surface area (Å²) in [7, 11) is 0. The van der Waals surface area contributed by atoms with Crippen LogP contribution in [0.2, 0.25) is 0 Å². The van der Waals surface area contributed by atoms with E-state index in [2.05, 4.69) is 15.3 Å². The summed E-state index contributed by atoms with van der Waals surface area (Å²) in [5, 5.41) is 2.82. The van der Waals surface area contributed by atoms with Crippen molar-refractivity contribution in [2.24, 2.45) is 0 Å². The van der Waals surface area contributed by atoms with Crippen molar-refractivity contribution in [2.45, 2.75) is 20.8 Å². The molecule has 3 rings (SSSR count).